The molecule has 0 saturated carbocycles. The van der Waals surface area contributed by atoms with Gasteiger partial charge in [-0.1, -0.05) is 60.2 Å². The summed E-state index contributed by atoms with van der Waals surface area (Å²) < 4.78 is 5.99. The second kappa shape index (κ2) is 10.7. The average molecular weight is 479 g/mol. The summed E-state index contributed by atoms with van der Waals surface area (Å²) in [6.45, 7) is 4.64. The van der Waals surface area contributed by atoms with E-state index in [1.807, 2.05) is 13.1 Å². The summed E-state index contributed by atoms with van der Waals surface area (Å²) in [7, 11) is 3.92. The maximum atomic E-state index is 5.99. The zero-order valence-electron chi connectivity index (χ0n) is 16.4. The molecule has 3 rings (SSSR count). The third-order valence-corrected chi connectivity index (χ3v) is 4.98. The number of halogens is 1. The van der Waals surface area contributed by atoms with Crippen molar-refractivity contribution in [1.29, 1.82) is 0 Å². The van der Waals surface area contributed by atoms with E-state index >= 15 is 0 Å². The summed E-state index contributed by atoms with van der Waals surface area (Å²) in [4.78, 5) is 6.62. The number of guanidine groups is 1. The lowest BCUT2D eigenvalue weighted by atomic mass is 9.95. The molecule has 4 nitrogen and oxygen atoms in total. The van der Waals surface area contributed by atoms with Gasteiger partial charge in [-0.25, -0.2) is 0 Å². The van der Waals surface area contributed by atoms with E-state index in [0.29, 0.717) is 5.92 Å². The molecule has 0 amide bonds. The van der Waals surface area contributed by atoms with Crippen molar-refractivity contribution in [2.24, 2.45) is 10.9 Å². The van der Waals surface area contributed by atoms with Crippen molar-refractivity contribution in [3.8, 4) is 0 Å². The molecule has 0 aliphatic carbocycles. The number of aryl methyl sites for hydroxylation is 1. The van der Waals surface area contributed by atoms with Crippen molar-refractivity contribution in [3.05, 3.63) is 71.3 Å². The van der Waals surface area contributed by atoms with Gasteiger partial charge < -0.3 is 15.0 Å². The van der Waals surface area contributed by atoms with Crippen molar-refractivity contribution in [2.45, 2.75) is 26.0 Å². The predicted octanol–water partition coefficient (Wildman–Crippen LogP) is 4.40. The molecular formula is C22H30IN3O. The van der Waals surface area contributed by atoms with E-state index in [2.05, 4.69) is 77.7 Å². The minimum atomic E-state index is 0. The van der Waals surface area contributed by atoms with E-state index < -0.39 is 0 Å². The van der Waals surface area contributed by atoms with Gasteiger partial charge in [0.25, 0.3) is 0 Å². The Kier molecular flexibility index (Phi) is 8.57. The van der Waals surface area contributed by atoms with Crippen LogP contribution in [-0.4, -0.2) is 38.1 Å². The number of ether oxygens (including phenoxy) is 1. The third kappa shape index (κ3) is 5.94. The van der Waals surface area contributed by atoms with Crippen molar-refractivity contribution >= 4 is 29.9 Å². The van der Waals surface area contributed by atoms with E-state index in [9.17, 15) is 0 Å². The Balaban J connectivity index is 0.00000261. The van der Waals surface area contributed by atoms with Gasteiger partial charge in [-0.3, -0.25) is 4.99 Å². The van der Waals surface area contributed by atoms with Crippen LogP contribution in [0, 0.1) is 12.8 Å². The van der Waals surface area contributed by atoms with Crippen molar-refractivity contribution in [2.75, 3.05) is 27.2 Å². The molecule has 0 spiro atoms. The average Bonchev–Trinajstić information content (AvgIpc) is 3.13. The van der Waals surface area contributed by atoms with E-state index in [4.69, 9.17) is 4.74 Å². The van der Waals surface area contributed by atoms with Crippen LogP contribution in [0.3, 0.4) is 0 Å². The normalized spacial score (nSPS) is 19.4. The molecule has 2 unspecified atom stereocenters. The second-order valence-corrected chi connectivity index (χ2v) is 7.02. The summed E-state index contributed by atoms with van der Waals surface area (Å²) >= 11 is 0. The molecule has 1 aliphatic heterocycles. The van der Waals surface area contributed by atoms with E-state index in [0.717, 1.165) is 32.1 Å². The number of rotatable bonds is 5. The first-order chi connectivity index (χ1) is 12.7. The second-order valence-electron chi connectivity index (χ2n) is 7.02. The van der Waals surface area contributed by atoms with Crippen LogP contribution < -0.4 is 5.32 Å². The zero-order chi connectivity index (χ0) is 18.4. The number of aliphatic imine (C=N–C) groups is 1. The van der Waals surface area contributed by atoms with Gasteiger partial charge in [0.1, 0.15) is 0 Å². The van der Waals surface area contributed by atoms with E-state index in [-0.39, 0.29) is 30.1 Å². The number of nitrogens with one attached hydrogen (secondary N) is 1. The fourth-order valence-corrected chi connectivity index (χ4v) is 3.50. The van der Waals surface area contributed by atoms with Gasteiger partial charge in [0, 0.05) is 39.7 Å². The van der Waals surface area contributed by atoms with Crippen LogP contribution in [0.4, 0.5) is 0 Å². The summed E-state index contributed by atoms with van der Waals surface area (Å²) in [5.41, 5.74) is 3.83. The molecule has 0 bridgehead atoms. The van der Waals surface area contributed by atoms with Crippen LogP contribution in [0.25, 0.3) is 0 Å². The first-order valence-electron chi connectivity index (χ1n) is 9.31. The number of benzene rings is 2. The lowest BCUT2D eigenvalue weighted by Gasteiger charge is -2.25. The fourth-order valence-electron chi connectivity index (χ4n) is 3.50. The highest BCUT2D eigenvalue weighted by Gasteiger charge is 2.29. The van der Waals surface area contributed by atoms with Crippen molar-refractivity contribution in [3.63, 3.8) is 0 Å². The van der Waals surface area contributed by atoms with Gasteiger partial charge in [0.2, 0.25) is 0 Å². The molecule has 1 fully saturated rings. The quantitative estimate of drug-likeness (QED) is 0.393. The van der Waals surface area contributed by atoms with E-state index in [1.165, 1.54) is 16.7 Å². The maximum Gasteiger partial charge on any atom is 0.193 e. The van der Waals surface area contributed by atoms with Crippen LogP contribution in [0.5, 0.6) is 0 Å². The Morgan fingerprint density at radius 3 is 2.52 bits per heavy atom. The Bertz CT molecular complexity index is 718. The largest absolute Gasteiger partial charge is 0.373 e. The molecule has 27 heavy (non-hydrogen) atoms. The Hall–Kier alpha value is -1.60. The third-order valence-electron chi connectivity index (χ3n) is 4.98. The van der Waals surface area contributed by atoms with Gasteiger partial charge in [-0.15, -0.1) is 24.0 Å². The standard InChI is InChI=1S/C22H29N3O.HI/c1-17-9-11-18(12-10-17)16-25(3)22(23-2)24-15-20-13-14-26-21(20)19-7-5-4-6-8-19;/h4-12,20-21H,13-16H2,1-3H3,(H,23,24);1H. The molecule has 5 heteroatoms. The monoisotopic (exact) mass is 479 g/mol. The van der Waals surface area contributed by atoms with Crippen LogP contribution in [0.15, 0.2) is 59.6 Å². The lowest BCUT2D eigenvalue weighted by Crippen LogP contribution is -2.41. The first-order valence-corrected chi connectivity index (χ1v) is 9.31. The predicted molar refractivity (Wildman–Crippen MR) is 123 cm³/mol. The van der Waals surface area contributed by atoms with Gasteiger partial charge in [-0.2, -0.15) is 0 Å². The molecule has 1 aliphatic rings. The Morgan fingerprint density at radius 1 is 1.15 bits per heavy atom. The molecule has 1 N–H and O–H groups in total. The highest BCUT2D eigenvalue weighted by atomic mass is 127. The minimum absolute atomic E-state index is 0. The van der Waals surface area contributed by atoms with Crippen molar-refractivity contribution in [1.82, 2.24) is 10.2 Å². The summed E-state index contributed by atoms with van der Waals surface area (Å²) in [6.07, 6.45) is 1.25. The first kappa shape index (κ1) is 21.7. The molecule has 1 saturated heterocycles. The molecule has 146 valence electrons. The van der Waals surface area contributed by atoms with Gasteiger partial charge in [0.05, 0.1) is 6.10 Å². The number of nitrogens with zero attached hydrogens (tertiary/aromatic N) is 2. The van der Waals surface area contributed by atoms with Gasteiger partial charge in [-0.05, 0) is 24.5 Å². The van der Waals surface area contributed by atoms with Crippen LogP contribution >= 0.6 is 24.0 Å². The molecular weight excluding hydrogens is 449 g/mol. The van der Waals surface area contributed by atoms with Gasteiger partial charge >= 0.3 is 0 Å². The molecule has 1 heterocycles. The van der Waals surface area contributed by atoms with Crippen LogP contribution in [0.2, 0.25) is 0 Å². The maximum absolute atomic E-state index is 5.99. The topological polar surface area (TPSA) is 36.9 Å². The van der Waals surface area contributed by atoms with Crippen molar-refractivity contribution < 1.29 is 4.74 Å². The van der Waals surface area contributed by atoms with E-state index in [1.54, 1.807) is 0 Å². The zero-order valence-corrected chi connectivity index (χ0v) is 18.7. The highest BCUT2D eigenvalue weighted by Crippen LogP contribution is 2.33. The molecule has 0 radical (unpaired) electrons. The smallest absolute Gasteiger partial charge is 0.193 e. The Morgan fingerprint density at radius 2 is 1.85 bits per heavy atom. The molecule has 2 aromatic rings. The molecule has 2 aromatic carbocycles. The van der Waals surface area contributed by atoms with Gasteiger partial charge in [0.15, 0.2) is 5.96 Å². The van der Waals surface area contributed by atoms with Crippen LogP contribution in [-0.2, 0) is 11.3 Å². The fraction of sp³-hybridized carbons (Fsp3) is 0.409. The number of hydrogen-bond acceptors (Lipinski definition) is 2. The Labute approximate surface area is 180 Å². The SMILES string of the molecule is CN=C(NCC1CCOC1c1ccccc1)N(C)Cc1ccc(C)cc1.I. The molecule has 0 aromatic heterocycles. The summed E-state index contributed by atoms with van der Waals surface area (Å²) in [6, 6.07) is 19.2. The highest BCUT2D eigenvalue weighted by molar-refractivity contribution is 14.0. The van der Waals surface area contributed by atoms with Crippen LogP contribution in [0.1, 0.15) is 29.2 Å². The summed E-state index contributed by atoms with van der Waals surface area (Å²) in [5, 5.41) is 3.54. The number of hydrogen-bond donors (Lipinski definition) is 1. The lowest BCUT2D eigenvalue weighted by molar-refractivity contribution is 0.0914. The minimum Gasteiger partial charge on any atom is -0.373 e. The summed E-state index contributed by atoms with van der Waals surface area (Å²) in [5.74, 6) is 1.38. The molecule has 2 atom stereocenters.